The first-order valence-corrected chi connectivity index (χ1v) is 8.73. The molecule has 0 spiro atoms. The summed E-state index contributed by atoms with van der Waals surface area (Å²) in [5.41, 5.74) is 0. The number of furan rings is 1. The van der Waals surface area contributed by atoms with Crippen molar-refractivity contribution in [2.75, 3.05) is 31.5 Å². The molecule has 2 aromatic rings. The Balaban J connectivity index is 1.26. The first kappa shape index (κ1) is 14.6. The van der Waals surface area contributed by atoms with Crippen LogP contribution in [0.1, 0.15) is 29.5 Å². The summed E-state index contributed by atoms with van der Waals surface area (Å²) >= 11 is 1.50. The molecule has 4 rings (SSSR count). The van der Waals surface area contributed by atoms with E-state index in [9.17, 15) is 4.79 Å². The zero-order valence-electron chi connectivity index (χ0n) is 12.8. The van der Waals surface area contributed by atoms with Gasteiger partial charge in [-0.25, -0.2) is 4.79 Å². The summed E-state index contributed by atoms with van der Waals surface area (Å²) in [6.07, 6.45) is 4.08. The molecule has 8 heteroatoms. The van der Waals surface area contributed by atoms with Crippen molar-refractivity contribution in [1.29, 1.82) is 0 Å². The SMILES string of the molecule is O=C(Nc1nnc(C2CC2)s1)N1CCN(Cc2ccco2)CC1. The van der Waals surface area contributed by atoms with Gasteiger partial charge < -0.3 is 9.32 Å². The summed E-state index contributed by atoms with van der Waals surface area (Å²) in [6.45, 7) is 3.90. The molecule has 0 aromatic carbocycles. The Bertz CT molecular complexity index is 659. The number of carbonyl (C=O) groups is 1. The van der Waals surface area contributed by atoms with Crippen LogP contribution in [0, 0.1) is 0 Å². The smallest absolute Gasteiger partial charge is 0.323 e. The Labute approximate surface area is 138 Å². The lowest BCUT2D eigenvalue weighted by Gasteiger charge is -2.33. The van der Waals surface area contributed by atoms with Gasteiger partial charge in [-0.1, -0.05) is 11.3 Å². The van der Waals surface area contributed by atoms with Gasteiger partial charge in [-0.2, -0.15) is 0 Å². The summed E-state index contributed by atoms with van der Waals surface area (Å²) in [7, 11) is 0. The first-order chi connectivity index (χ1) is 11.3. The molecule has 3 heterocycles. The summed E-state index contributed by atoms with van der Waals surface area (Å²) in [4.78, 5) is 16.4. The van der Waals surface area contributed by atoms with Crippen molar-refractivity contribution in [3.63, 3.8) is 0 Å². The molecule has 1 saturated heterocycles. The minimum absolute atomic E-state index is 0.0823. The van der Waals surface area contributed by atoms with Crippen LogP contribution < -0.4 is 5.32 Å². The molecule has 1 N–H and O–H groups in total. The normalized spacial score (nSPS) is 19.0. The maximum Gasteiger partial charge on any atom is 0.323 e. The average molecular weight is 333 g/mol. The Morgan fingerprint density at radius 3 is 2.83 bits per heavy atom. The number of nitrogens with one attached hydrogen (secondary N) is 1. The van der Waals surface area contributed by atoms with Crippen LogP contribution in [0.4, 0.5) is 9.93 Å². The van der Waals surface area contributed by atoms with E-state index in [1.165, 1.54) is 24.2 Å². The van der Waals surface area contributed by atoms with Crippen LogP contribution in [-0.2, 0) is 6.54 Å². The number of nitrogens with zero attached hydrogens (tertiary/aromatic N) is 4. The molecule has 2 aliphatic rings. The minimum Gasteiger partial charge on any atom is -0.468 e. The van der Waals surface area contributed by atoms with Crippen molar-refractivity contribution in [2.24, 2.45) is 0 Å². The van der Waals surface area contributed by atoms with Gasteiger partial charge in [-0.15, -0.1) is 10.2 Å². The summed E-state index contributed by atoms with van der Waals surface area (Å²) in [6, 6.07) is 3.80. The summed E-state index contributed by atoms with van der Waals surface area (Å²) in [5.74, 6) is 1.53. The fourth-order valence-corrected chi connectivity index (χ4v) is 3.58. The van der Waals surface area contributed by atoms with Gasteiger partial charge in [0, 0.05) is 32.1 Å². The molecule has 1 saturated carbocycles. The Morgan fingerprint density at radius 2 is 2.13 bits per heavy atom. The molecule has 122 valence electrons. The van der Waals surface area contributed by atoms with Crippen LogP contribution in [0.2, 0.25) is 0 Å². The van der Waals surface area contributed by atoms with Crippen LogP contribution in [0.15, 0.2) is 22.8 Å². The van der Waals surface area contributed by atoms with Gasteiger partial charge in [0.15, 0.2) is 0 Å². The maximum absolute atomic E-state index is 12.3. The molecule has 0 radical (unpaired) electrons. The number of amides is 2. The lowest BCUT2D eigenvalue weighted by atomic mass is 10.3. The number of hydrogen-bond donors (Lipinski definition) is 1. The van der Waals surface area contributed by atoms with Crippen molar-refractivity contribution in [3.05, 3.63) is 29.2 Å². The third-order valence-corrected chi connectivity index (χ3v) is 5.20. The highest BCUT2D eigenvalue weighted by Gasteiger charge is 2.28. The van der Waals surface area contributed by atoms with Gasteiger partial charge in [-0.3, -0.25) is 10.2 Å². The highest BCUT2D eigenvalue weighted by atomic mass is 32.1. The third-order valence-electron chi connectivity index (χ3n) is 4.20. The van der Waals surface area contributed by atoms with E-state index >= 15 is 0 Å². The Kier molecular flexibility index (Phi) is 4.00. The largest absolute Gasteiger partial charge is 0.468 e. The van der Waals surface area contributed by atoms with E-state index in [1.54, 1.807) is 6.26 Å². The topological polar surface area (TPSA) is 74.5 Å². The van der Waals surface area contributed by atoms with E-state index in [0.717, 1.165) is 30.4 Å². The second kappa shape index (κ2) is 6.29. The summed E-state index contributed by atoms with van der Waals surface area (Å²) < 4.78 is 5.37. The number of carbonyl (C=O) groups excluding carboxylic acids is 1. The molecular weight excluding hydrogens is 314 g/mol. The average Bonchev–Trinajstić information content (AvgIpc) is 3.09. The molecule has 23 heavy (non-hydrogen) atoms. The van der Waals surface area contributed by atoms with E-state index in [2.05, 4.69) is 20.4 Å². The highest BCUT2D eigenvalue weighted by Crippen LogP contribution is 2.42. The van der Waals surface area contributed by atoms with Crippen molar-refractivity contribution in [2.45, 2.75) is 25.3 Å². The molecule has 0 unspecified atom stereocenters. The number of hydrogen-bond acceptors (Lipinski definition) is 6. The lowest BCUT2D eigenvalue weighted by Crippen LogP contribution is -2.49. The van der Waals surface area contributed by atoms with E-state index in [-0.39, 0.29) is 6.03 Å². The number of aromatic nitrogens is 2. The van der Waals surface area contributed by atoms with Crippen molar-refractivity contribution in [3.8, 4) is 0 Å². The van der Waals surface area contributed by atoms with Crippen LogP contribution in [0.3, 0.4) is 0 Å². The predicted octanol–water partition coefficient (Wildman–Crippen LogP) is 2.36. The molecule has 2 amide bonds. The van der Waals surface area contributed by atoms with Crippen molar-refractivity contribution in [1.82, 2.24) is 20.0 Å². The number of anilines is 1. The molecule has 2 fully saturated rings. The molecule has 1 aliphatic carbocycles. The van der Waals surface area contributed by atoms with E-state index in [1.807, 2.05) is 17.0 Å². The fraction of sp³-hybridized carbons (Fsp3) is 0.533. The zero-order valence-corrected chi connectivity index (χ0v) is 13.6. The minimum atomic E-state index is -0.0823. The van der Waals surface area contributed by atoms with Crippen molar-refractivity contribution < 1.29 is 9.21 Å². The van der Waals surface area contributed by atoms with Gasteiger partial charge in [0.25, 0.3) is 0 Å². The molecular formula is C15H19N5O2S. The highest BCUT2D eigenvalue weighted by molar-refractivity contribution is 7.15. The van der Waals surface area contributed by atoms with E-state index in [4.69, 9.17) is 4.42 Å². The van der Waals surface area contributed by atoms with Gasteiger partial charge >= 0.3 is 6.03 Å². The second-order valence-corrected chi connectivity index (χ2v) is 7.00. The molecule has 1 aliphatic heterocycles. The molecule has 2 aromatic heterocycles. The van der Waals surface area contributed by atoms with Gasteiger partial charge in [0.2, 0.25) is 5.13 Å². The van der Waals surface area contributed by atoms with Crippen LogP contribution in [0.5, 0.6) is 0 Å². The van der Waals surface area contributed by atoms with Crippen LogP contribution in [0.25, 0.3) is 0 Å². The third kappa shape index (κ3) is 3.53. The van der Waals surface area contributed by atoms with E-state index < -0.39 is 0 Å². The first-order valence-electron chi connectivity index (χ1n) is 7.92. The monoisotopic (exact) mass is 333 g/mol. The zero-order chi connectivity index (χ0) is 15.6. The molecule has 0 atom stereocenters. The predicted molar refractivity (Wildman–Crippen MR) is 86.5 cm³/mol. The molecule has 7 nitrogen and oxygen atoms in total. The van der Waals surface area contributed by atoms with Crippen LogP contribution >= 0.6 is 11.3 Å². The quantitative estimate of drug-likeness (QED) is 0.930. The lowest BCUT2D eigenvalue weighted by molar-refractivity contribution is 0.137. The standard InChI is InChI=1S/C15H19N5O2S/c21-15(16-14-18-17-13(23-14)11-3-4-11)20-7-5-19(6-8-20)10-12-2-1-9-22-12/h1-2,9,11H,3-8,10H2,(H,16,18,21). The van der Waals surface area contributed by atoms with E-state index in [0.29, 0.717) is 24.1 Å². The molecule has 0 bridgehead atoms. The number of urea groups is 1. The fourth-order valence-electron chi connectivity index (χ4n) is 2.68. The summed E-state index contributed by atoms with van der Waals surface area (Å²) in [5, 5.41) is 12.7. The number of piperazine rings is 1. The van der Waals surface area contributed by atoms with Gasteiger partial charge in [-0.05, 0) is 25.0 Å². The maximum atomic E-state index is 12.3. The van der Waals surface area contributed by atoms with Crippen LogP contribution in [-0.4, -0.2) is 52.2 Å². The second-order valence-electron chi connectivity index (χ2n) is 5.99. The van der Waals surface area contributed by atoms with Crippen molar-refractivity contribution >= 4 is 22.5 Å². The van der Waals surface area contributed by atoms with Gasteiger partial charge in [0.05, 0.1) is 12.8 Å². The van der Waals surface area contributed by atoms with Gasteiger partial charge in [0.1, 0.15) is 10.8 Å². The number of rotatable bonds is 4. The Hall–Kier alpha value is -1.93. The Morgan fingerprint density at radius 1 is 1.30 bits per heavy atom.